The van der Waals surface area contributed by atoms with Crippen molar-refractivity contribution < 1.29 is 23.1 Å². The second-order valence-electron chi connectivity index (χ2n) is 12.7. The van der Waals surface area contributed by atoms with E-state index in [1.54, 1.807) is 0 Å². The fourth-order valence-corrected chi connectivity index (χ4v) is 8.33. The molecule has 1 aliphatic carbocycles. The number of nitrogens with zero attached hydrogens (tertiary/aromatic N) is 2. The Hall–Kier alpha value is -2.44. The van der Waals surface area contributed by atoms with Gasteiger partial charge in [-0.3, -0.25) is 0 Å². The number of anilines is 1. The summed E-state index contributed by atoms with van der Waals surface area (Å²) < 4.78 is 29.6. The molecular weight excluding hydrogens is 544 g/mol. The van der Waals surface area contributed by atoms with Crippen LogP contribution >= 0.6 is 11.3 Å². The van der Waals surface area contributed by atoms with Gasteiger partial charge in [0.05, 0.1) is 22.1 Å². The van der Waals surface area contributed by atoms with Crippen molar-refractivity contribution in [2.45, 2.75) is 84.8 Å². The quantitative estimate of drug-likeness (QED) is 0.289. The second-order valence-corrected chi connectivity index (χ2v) is 16.0. The third-order valence-electron chi connectivity index (χ3n) is 8.20. The van der Waals surface area contributed by atoms with E-state index < -0.39 is 15.8 Å². The lowest BCUT2D eigenvalue weighted by Crippen LogP contribution is -2.46. The van der Waals surface area contributed by atoms with E-state index >= 15 is 0 Å². The lowest BCUT2D eigenvalue weighted by atomic mass is 9.80. The van der Waals surface area contributed by atoms with Crippen LogP contribution in [0.5, 0.6) is 0 Å². The highest BCUT2D eigenvalue weighted by molar-refractivity contribution is 7.91. The third-order valence-corrected chi connectivity index (χ3v) is 11.0. The van der Waals surface area contributed by atoms with E-state index in [1.165, 1.54) is 11.3 Å². The van der Waals surface area contributed by atoms with Gasteiger partial charge in [-0.1, -0.05) is 38.2 Å². The predicted octanol–water partition coefficient (Wildman–Crippen LogP) is 6.13. The number of aromatic carboxylic acids is 1. The molecule has 2 saturated heterocycles. The van der Waals surface area contributed by atoms with Crippen LogP contribution in [-0.2, 0) is 14.6 Å². The number of sulfone groups is 1. The van der Waals surface area contributed by atoms with Crippen LogP contribution in [0.15, 0.2) is 30.8 Å². The van der Waals surface area contributed by atoms with Crippen LogP contribution in [0.25, 0.3) is 0 Å². The van der Waals surface area contributed by atoms with Crippen molar-refractivity contribution in [2.24, 2.45) is 17.3 Å². The van der Waals surface area contributed by atoms with Crippen molar-refractivity contribution >= 4 is 32.8 Å². The first-order chi connectivity index (χ1) is 18.7. The lowest BCUT2D eigenvalue weighted by molar-refractivity contribution is 0.0551. The molecule has 0 spiro atoms. The van der Waals surface area contributed by atoms with E-state index in [2.05, 4.69) is 41.7 Å². The van der Waals surface area contributed by atoms with Gasteiger partial charge < -0.3 is 19.6 Å². The Morgan fingerprint density at radius 2 is 1.77 bits per heavy atom. The molecule has 40 heavy (non-hydrogen) atoms. The summed E-state index contributed by atoms with van der Waals surface area (Å²) in [6.07, 6.45) is 6.17. The number of allylic oxidation sites excluding steroid dienone is 1. The zero-order valence-corrected chi connectivity index (χ0v) is 26.0. The van der Waals surface area contributed by atoms with Crippen LogP contribution < -0.4 is 4.90 Å². The van der Waals surface area contributed by atoms with Crippen LogP contribution in [0.3, 0.4) is 0 Å². The molecule has 1 N–H and O–H groups in total. The number of thiophene rings is 1. The van der Waals surface area contributed by atoms with Crippen LogP contribution in [0.1, 0.15) is 87.2 Å². The molecule has 7 nitrogen and oxygen atoms in total. The van der Waals surface area contributed by atoms with Crippen LogP contribution in [0.4, 0.5) is 5.69 Å². The maximum absolute atomic E-state index is 12.4. The standard InChI is InChI=1S/C31H44N2O5S2/c1-21-7-9-24(10-8-21)22(2)33(28-19-27(11-15-31(4,5)6)39-29(28)30(34)35)25-12-16-32(17-13-25)23(3)38-26-14-18-40(36,37)20-26/h19,21,24-26H,2-3,7-10,12-14,16-18,20H2,1,4-6H3,(H,34,35). The smallest absolute Gasteiger partial charge is 0.348 e. The van der Waals surface area contributed by atoms with E-state index in [4.69, 9.17) is 4.74 Å². The molecule has 0 bridgehead atoms. The Balaban J connectivity index is 1.56. The molecule has 1 aromatic rings. The van der Waals surface area contributed by atoms with Gasteiger partial charge in [0, 0.05) is 30.2 Å². The molecule has 1 atom stereocenters. The minimum absolute atomic E-state index is 0.0483. The number of likely N-dealkylation sites (tertiary alicyclic amines) is 1. The Morgan fingerprint density at radius 1 is 1.12 bits per heavy atom. The number of hydrogen-bond acceptors (Lipinski definition) is 7. The molecule has 3 fully saturated rings. The molecule has 2 aliphatic heterocycles. The number of ether oxygens (including phenoxy) is 1. The summed E-state index contributed by atoms with van der Waals surface area (Å²) in [5.74, 6) is 7.28. The number of piperidine rings is 1. The van der Waals surface area contributed by atoms with Crippen molar-refractivity contribution in [3.63, 3.8) is 0 Å². The van der Waals surface area contributed by atoms with Gasteiger partial charge in [-0.05, 0) is 77.4 Å². The summed E-state index contributed by atoms with van der Waals surface area (Å²) >= 11 is 1.24. The number of carboxylic acid groups (broad SMARTS) is 1. The van der Waals surface area contributed by atoms with E-state index in [1.807, 2.05) is 26.8 Å². The third kappa shape index (κ3) is 7.64. The van der Waals surface area contributed by atoms with Gasteiger partial charge in [-0.25, -0.2) is 13.2 Å². The first-order valence-electron chi connectivity index (χ1n) is 14.4. The summed E-state index contributed by atoms with van der Waals surface area (Å²) in [6.45, 7) is 18.5. The highest BCUT2D eigenvalue weighted by Crippen LogP contribution is 2.41. The summed E-state index contributed by atoms with van der Waals surface area (Å²) in [6, 6.07) is 2.03. The average molecular weight is 589 g/mol. The van der Waals surface area contributed by atoms with Crippen molar-refractivity contribution in [1.82, 2.24) is 4.90 Å². The molecule has 220 valence electrons. The summed E-state index contributed by atoms with van der Waals surface area (Å²) in [4.78, 5) is 17.8. The maximum atomic E-state index is 12.4. The highest BCUT2D eigenvalue weighted by Gasteiger charge is 2.35. The van der Waals surface area contributed by atoms with Crippen LogP contribution in [0, 0.1) is 29.1 Å². The average Bonchev–Trinajstić information content (AvgIpc) is 3.46. The van der Waals surface area contributed by atoms with Crippen molar-refractivity contribution in [2.75, 3.05) is 29.5 Å². The second kappa shape index (κ2) is 12.2. The number of carboxylic acids is 1. The minimum atomic E-state index is -3.03. The summed E-state index contributed by atoms with van der Waals surface area (Å²) in [7, 11) is -3.03. The van der Waals surface area contributed by atoms with Gasteiger partial charge in [0.1, 0.15) is 11.0 Å². The number of hydrogen-bond donors (Lipinski definition) is 1. The van der Waals surface area contributed by atoms with E-state index in [-0.39, 0.29) is 29.1 Å². The molecule has 4 rings (SSSR count). The summed E-state index contributed by atoms with van der Waals surface area (Å²) in [5.41, 5.74) is 1.52. The van der Waals surface area contributed by atoms with Crippen LogP contribution in [-0.4, -0.2) is 61.1 Å². The Bertz CT molecular complexity index is 1280. The normalized spacial score (nSPS) is 25.1. The first kappa shape index (κ1) is 30.5. The molecule has 3 aliphatic rings. The number of rotatable bonds is 8. The van der Waals surface area contributed by atoms with E-state index in [9.17, 15) is 18.3 Å². The fourth-order valence-electron chi connectivity index (χ4n) is 5.89. The van der Waals surface area contributed by atoms with Gasteiger partial charge >= 0.3 is 5.97 Å². The monoisotopic (exact) mass is 588 g/mol. The fraction of sp³-hybridized carbons (Fsp3) is 0.645. The highest BCUT2D eigenvalue weighted by atomic mass is 32.2. The van der Waals surface area contributed by atoms with E-state index in [0.29, 0.717) is 47.8 Å². The van der Waals surface area contributed by atoms with Crippen molar-refractivity contribution in [3.05, 3.63) is 40.6 Å². The molecule has 0 radical (unpaired) electrons. The van der Waals surface area contributed by atoms with Crippen molar-refractivity contribution in [1.29, 1.82) is 0 Å². The largest absolute Gasteiger partial charge is 0.477 e. The molecule has 1 aromatic heterocycles. The lowest BCUT2D eigenvalue weighted by Gasteiger charge is -2.44. The minimum Gasteiger partial charge on any atom is -0.477 e. The molecule has 1 saturated carbocycles. The maximum Gasteiger partial charge on any atom is 0.348 e. The Kier molecular flexibility index (Phi) is 9.31. The topological polar surface area (TPSA) is 87.2 Å². The molecule has 3 heterocycles. The Morgan fingerprint density at radius 3 is 2.33 bits per heavy atom. The predicted molar refractivity (Wildman–Crippen MR) is 162 cm³/mol. The van der Waals surface area contributed by atoms with Gasteiger partial charge in [-0.15, -0.1) is 11.3 Å². The van der Waals surface area contributed by atoms with Gasteiger partial charge in [0.15, 0.2) is 15.7 Å². The molecule has 0 amide bonds. The zero-order valence-electron chi connectivity index (χ0n) is 24.4. The van der Waals surface area contributed by atoms with Crippen LogP contribution in [0.2, 0.25) is 0 Å². The zero-order chi connectivity index (χ0) is 29.2. The van der Waals surface area contributed by atoms with Gasteiger partial charge in [0.25, 0.3) is 0 Å². The van der Waals surface area contributed by atoms with Gasteiger partial charge in [0.2, 0.25) is 0 Å². The molecule has 9 heteroatoms. The molecular formula is C31H44N2O5S2. The van der Waals surface area contributed by atoms with E-state index in [0.717, 1.165) is 49.1 Å². The molecule has 0 aromatic carbocycles. The summed E-state index contributed by atoms with van der Waals surface area (Å²) in [5, 5.41) is 10.2. The van der Waals surface area contributed by atoms with Crippen molar-refractivity contribution in [3.8, 4) is 11.8 Å². The number of carbonyl (C=O) groups is 1. The molecule has 1 unspecified atom stereocenters. The first-order valence-corrected chi connectivity index (χ1v) is 17.1. The SMILES string of the molecule is C=C(OC1CCS(=O)(=O)C1)N1CCC(N(C(=C)C2CCC(C)CC2)c2cc(C#CC(C)(C)C)sc2C(=O)O)CC1. The van der Waals surface area contributed by atoms with Gasteiger partial charge in [-0.2, -0.15) is 0 Å². The Labute approximate surface area is 244 Å².